The molecule has 84 valence electrons. The Morgan fingerprint density at radius 3 is 2.13 bits per heavy atom. The molecule has 0 bridgehead atoms. The highest BCUT2D eigenvalue weighted by molar-refractivity contribution is 7.91. The fraction of sp³-hybridized carbons (Fsp3) is 0.455. The Balaban J connectivity index is 3.00. The largest absolute Gasteiger partial charge is 0.324 e. The summed E-state index contributed by atoms with van der Waals surface area (Å²) in [6, 6.07) is 6.82. The van der Waals surface area contributed by atoms with Gasteiger partial charge in [-0.3, -0.25) is 0 Å². The van der Waals surface area contributed by atoms with Gasteiger partial charge >= 0.3 is 0 Å². The molecule has 0 unspecified atom stereocenters. The van der Waals surface area contributed by atoms with Crippen LogP contribution in [-0.2, 0) is 9.84 Å². The lowest BCUT2D eigenvalue weighted by Crippen LogP contribution is -2.09. The molecule has 0 aromatic heterocycles. The van der Waals surface area contributed by atoms with Crippen LogP contribution >= 0.6 is 0 Å². The van der Waals surface area contributed by atoms with Gasteiger partial charge in [0, 0.05) is 6.04 Å². The van der Waals surface area contributed by atoms with Crippen LogP contribution in [0.2, 0.25) is 0 Å². The van der Waals surface area contributed by atoms with Gasteiger partial charge in [-0.05, 0) is 24.1 Å². The first-order valence-corrected chi connectivity index (χ1v) is 6.74. The average Bonchev–Trinajstić information content (AvgIpc) is 2.28. The molecule has 0 aliphatic heterocycles. The van der Waals surface area contributed by atoms with Crippen LogP contribution in [0.5, 0.6) is 0 Å². The predicted molar refractivity (Wildman–Crippen MR) is 61.4 cm³/mol. The highest BCUT2D eigenvalue weighted by Crippen LogP contribution is 2.17. The van der Waals surface area contributed by atoms with Crippen LogP contribution in [0.15, 0.2) is 29.2 Å². The topological polar surface area (TPSA) is 60.2 Å². The van der Waals surface area contributed by atoms with Crippen LogP contribution in [0.25, 0.3) is 0 Å². The Hall–Kier alpha value is -0.870. The maximum Gasteiger partial charge on any atom is 0.178 e. The summed E-state index contributed by atoms with van der Waals surface area (Å²) >= 11 is 0. The summed E-state index contributed by atoms with van der Waals surface area (Å²) in [5.41, 5.74) is 6.82. The van der Waals surface area contributed by atoms with E-state index in [4.69, 9.17) is 5.73 Å². The molecule has 0 heterocycles. The van der Waals surface area contributed by atoms with E-state index < -0.39 is 9.84 Å². The van der Waals surface area contributed by atoms with Crippen molar-refractivity contribution in [3.63, 3.8) is 0 Å². The summed E-state index contributed by atoms with van der Waals surface area (Å²) in [4.78, 5) is 0.372. The van der Waals surface area contributed by atoms with Crippen molar-refractivity contribution in [3.8, 4) is 0 Å². The van der Waals surface area contributed by atoms with Gasteiger partial charge in [-0.1, -0.05) is 26.0 Å². The van der Waals surface area contributed by atoms with E-state index in [9.17, 15) is 8.42 Å². The SMILES string of the molecule is CC[C@@H](N)c1ccc(S(=O)(=O)CC)cc1. The minimum atomic E-state index is -3.09. The summed E-state index contributed by atoms with van der Waals surface area (Å²) in [7, 11) is -3.09. The zero-order valence-electron chi connectivity index (χ0n) is 9.10. The van der Waals surface area contributed by atoms with E-state index in [0.29, 0.717) is 4.90 Å². The van der Waals surface area contributed by atoms with Crippen molar-refractivity contribution in [2.45, 2.75) is 31.2 Å². The van der Waals surface area contributed by atoms with Crippen LogP contribution in [0, 0.1) is 0 Å². The van der Waals surface area contributed by atoms with Gasteiger partial charge in [-0.25, -0.2) is 8.42 Å². The minimum absolute atomic E-state index is 0.0108. The molecule has 15 heavy (non-hydrogen) atoms. The van der Waals surface area contributed by atoms with Crippen LogP contribution in [0.4, 0.5) is 0 Å². The first-order chi connectivity index (χ1) is 7.01. The van der Waals surface area contributed by atoms with Gasteiger partial charge in [-0.2, -0.15) is 0 Å². The smallest absolute Gasteiger partial charge is 0.178 e. The number of hydrogen-bond donors (Lipinski definition) is 1. The van der Waals surface area contributed by atoms with E-state index in [-0.39, 0.29) is 11.8 Å². The Morgan fingerprint density at radius 2 is 1.73 bits per heavy atom. The lowest BCUT2D eigenvalue weighted by atomic mass is 10.1. The molecule has 0 saturated heterocycles. The second-order valence-corrected chi connectivity index (χ2v) is 5.77. The Bertz CT molecular complexity index is 409. The standard InChI is InChI=1S/C11H17NO2S/c1-3-11(12)9-5-7-10(8-6-9)15(13,14)4-2/h5-8,11H,3-4,12H2,1-2H3/t11-/m1/s1. The molecule has 2 N–H and O–H groups in total. The lowest BCUT2D eigenvalue weighted by Gasteiger charge is -2.09. The van der Waals surface area contributed by atoms with Crippen LogP contribution < -0.4 is 5.73 Å². The molecular formula is C11H17NO2S. The van der Waals surface area contributed by atoms with Gasteiger partial charge in [0.2, 0.25) is 0 Å². The second kappa shape index (κ2) is 4.77. The maximum absolute atomic E-state index is 11.5. The molecule has 0 radical (unpaired) electrons. The van der Waals surface area contributed by atoms with Gasteiger partial charge in [0.25, 0.3) is 0 Å². The molecule has 0 saturated carbocycles. The molecule has 1 rings (SSSR count). The zero-order chi connectivity index (χ0) is 11.5. The lowest BCUT2D eigenvalue weighted by molar-refractivity contribution is 0.597. The fourth-order valence-corrected chi connectivity index (χ4v) is 2.21. The quantitative estimate of drug-likeness (QED) is 0.854. The van der Waals surface area contributed by atoms with E-state index in [1.165, 1.54) is 0 Å². The summed E-state index contributed by atoms with van der Waals surface area (Å²) in [5, 5.41) is 0. The molecule has 1 aromatic carbocycles. The molecule has 3 nitrogen and oxygen atoms in total. The molecule has 1 atom stereocenters. The predicted octanol–water partition coefficient (Wildman–Crippen LogP) is 1.89. The van der Waals surface area contributed by atoms with Crippen molar-refractivity contribution >= 4 is 9.84 Å². The molecule has 0 spiro atoms. The molecule has 0 fully saturated rings. The first kappa shape index (κ1) is 12.2. The van der Waals surface area contributed by atoms with Crippen molar-refractivity contribution in [2.75, 3.05) is 5.75 Å². The van der Waals surface area contributed by atoms with E-state index in [1.807, 2.05) is 6.92 Å². The van der Waals surface area contributed by atoms with Crippen molar-refractivity contribution in [2.24, 2.45) is 5.73 Å². The third-order valence-corrected chi connectivity index (χ3v) is 4.24. The van der Waals surface area contributed by atoms with Crippen molar-refractivity contribution in [1.82, 2.24) is 0 Å². The molecule has 4 heteroatoms. The molecule has 0 amide bonds. The van der Waals surface area contributed by atoms with Gasteiger partial charge in [0.05, 0.1) is 10.6 Å². The monoisotopic (exact) mass is 227 g/mol. The van der Waals surface area contributed by atoms with Gasteiger partial charge in [-0.15, -0.1) is 0 Å². The fourth-order valence-electron chi connectivity index (χ4n) is 1.32. The van der Waals surface area contributed by atoms with Crippen LogP contribution in [0.1, 0.15) is 31.9 Å². The van der Waals surface area contributed by atoms with Gasteiger partial charge < -0.3 is 5.73 Å². The number of sulfone groups is 1. The normalized spacial score (nSPS) is 13.8. The van der Waals surface area contributed by atoms with Crippen LogP contribution in [0.3, 0.4) is 0 Å². The first-order valence-electron chi connectivity index (χ1n) is 5.09. The maximum atomic E-state index is 11.5. The number of nitrogens with two attached hydrogens (primary N) is 1. The zero-order valence-corrected chi connectivity index (χ0v) is 9.92. The van der Waals surface area contributed by atoms with Crippen molar-refractivity contribution in [1.29, 1.82) is 0 Å². The molecule has 0 aliphatic rings. The minimum Gasteiger partial charge on any atom is -0.324 e. The second-order valence-electron chi connectivity index (χ2n) is 3.49. The number of hydrogen-bond acceptors (Lipinski definition) is 3. The van der Waals surface area contributed by atoms with Gasteiger partial charge in [0.15, 0.2) is 9.84 Å². The third-order valence-electron chi connectivity index (χ3n) is 2.49. The van der Waals surface area contributed by atoms with Crippen LogP contribution in [-0.4, -0.2) is 14.2 Å². The third kappa shape index (κ3) is 2.79. The molecular weight excluding hydrogens is 210 g/mol. The van der Waals surface area contributed by atoms with E-state index in [2.05, 4.69) is 0 Å². The average molecular weight is 227 g/mol. The molecule has 0 aliphatic carbocycles. The highest BCUT2D eigenvalue weighted by Gasteiger charge is 2.11. The summed E-state index contributed by atoms with van der Waals surface area (Å²) in [6.07, 6.45) is 0.847. The van der Waals surface area contributed by atoms with E-state index in [0.717, 1.165) is 12.0 Å². The van der Waals surface area contributed by atoms with Crippen molar-refractivity contribution in [3.05, 3.63) is 29.8 Å². The Labute approximate surface area is 91.2 Å². The summed E-state index contributed by atoms with van der Waals surface area (Å²) < 4.78 is 23.0. The van der Waals surface area contributed by atoms with E-state index in [1.54, 1.807) is 31.2 Å². The summed E-state index contributed by atoms with van der Waals surface area (Å²) in [6.45, 7) is 3.64. The van der Waals surface area contributed by atoms with E-state index >= 15 is 0 Å². The Morgan fingerprint density at radius 1 is 1.20 bits per heavy atom. The number of benzene rings is 1. The summed E-state index contributed by atoms with van der Waals surface area (Å²) in [5.74, 6) is 0.131. The Kier molecular flexibility index (Phi) is 3.88. The van der Waals surface area contributed by atoms with Gasteiger partial charge in [0.1, 0.15) is 0 Å². The van der Waals surface area contributed by atoms with Crippen molar-refractivity contribution < 1.29 is 8.42 Å². The highest BCUT2D eigenvalue weighted by atomic mass is 32.2. The molecule has 1 aromatic rings. The number of rotatable bonds is 4.